The molecule has 1 aromatic carbocycles. The number of halogens is 3. The quantitative estimate of drug-likeness (QED) is 0.626. The molecule has 2 aliphatic heterocycles. The van der Waals surface area contributed by atoms with Gasteiger partial charge in [0, 0.05) is 38.6 Å². The van der Waals surface area contributed by atoms with E-state index in [0.29, 0.717) is 18.8 Å². The van der Waals surface area contributed by atoms with Crippen LogP contribution in [0, 0.1) is 0 Å². The van der Waals surface area contributed by atoms with Gasteiger partial charge in [-0.3, -0.25) is 4.79 Å². The van der Waals surface area contributed by atoms with Crippen LogP contribution in [0.25, 0.3) is 0 Å². The molecule has 1 N–H and O–H groups in total. The highest BCUT2D eigenvalue weighted by atomic mass is 32.2. The standard InChI is InChI=1S/C22H25F3N4O5S/c23-22(24,25)16-2-4-17(5-3-16)34-18-6-12-29(13-7-18)35(32,33)21(19(30)31)8-14-28(15-9-21)20-26-10-1-11-27-20/h1-5,10-11,18H,6-9,12-15H2,(H,30,31). The topological polar surface area (TPSA) is 113 Å². The third-order valence-electron chi connectivity index (χ3n) is 6.51. The van der Waals surface area contributed by atoms with Gasteiger partial charge in [0.15, 0.2) is 4.75 Å². The maximum atomic E-state index is 13.5. The Morgan fingerprint density at radius 2 is 1.60 bits per heavy atom. The van der Waals surface area contributed by atoms with Gasteiger partial charge in [-0.15, -0.1) is 0 Å². The lowest BCUT2D eigenvalue weighted by atomic mass is 9.96. The molecule has 0 saturated carbocycles. The van der Waals surface area contributed by atoms with Gasteiger partial charge in [0.2, 0.25) is 16.0 Å². The average molecular weight is 515 g/mol. The SMILES string of the molecule is O=C(O)C1(S(=O)(=O)N2CCC(Oc3ccc(C(F)(F)F)cc3)CC2)CCN(c2ncccn2)CC1. The van der Waals surface area contributed by atoms with Crippen molar-refractivity contribution in [3.05, 3.63) is 48.3 Å². The predicted octanol–water partition coefficient (Wildman–Crippen LogP) is 2.79. The molecule has 9 nitrogen and oxygen atoms in total. The molecule has 1 aromatic heterocycles. The number of rotatable bonds is 6. The predicted molar refractivity (Wildman–Crippen MR) is 119 cm³/mol. The van der Waals surface area contributed by atoms with E-state index in [0.717, 1.165) is 12.1 Å². The summed E-state index contributed by atoms with van der Waals surface area (Å²) >= 11 is 0. The highest BCUT2D eigenvalue weighted by molar-refractivity contribution is 7.91. The molecular formula is C22H25F3N4O5S. The number of nitrogens with zero attached hydrogens (tertiary/aromatic N) is 4. The number of hydrogen-bond acceptors (Lipinski definition) is 7. The van der Waals surface area contributed by atoms with Crippen LogP contribution in [0.1, 0.15) is 31.2 Å². The van der Waals surface area contributed by atoms with Gasteiger partial charge in [0.1, 0.15) is 11.9 Å². The Morgan fingerprint density at radius 3 is 2.11 bits per heavy atom. The maximum absolute atomic E-state index is 13.5. The molecule has 0 radical (unpaired) electrons. The highest BCUT2D eigenvalue weighted by Crippen LogP contribution is 2.36. The van der Waals surface area contributed by atoms with Crippen molar-refractivity contribution in [2.75, 3.05) is 31.1 Å². The summed E-state index contributed by atoms with van der Waals surface area (Å²) in [6.45, 7) is 0.494. The van der Waals surface area contributed by atoms with Crippen LogP contribution < -0.4 is 9.64 Å². The minimum Gasteiger partial charge on any atom is -0.490 e. The normalized spacial score (nSPS) is 19.9. The Balaban J connectivity index is 1.39. The number of piperidine rings is 2. The number of hydrogen-bond donors (Lipinski definition) is 1. The van der Waals surface area contributed by atoms with Crippen molar-refractivity contribution in [3.8, 4) is 5.75 Å². The zero-order valence-corrected chi connectivity index (χ0v) is 19.5. The molecule has 190 valence electrons. The van der Waals surface area contributed by atoms with E-state index in [2.05, 4.69) is 9.97 Å². The van der Waals surface area contributed by atoms with Crippen molar-refractivity contribution < 1.29 is 36.2 Å². The molecule has 0 bridgehead atoms. The lowest BCUT2D eigenvalue weighted by Gasteiger charge is -2.42. The number of carbonyl (C=O) groups is 1. The van der Waals surface area contributed by atoms with E-state index in [1.54, 1.807) is 23.4 Å². The fourth-order valence-electron chi connectivity index (χ4n) is 4.46. The Hall–Kier alpha value is -2.93. The second-order valence-electron chi connectivity index (χ2n) is 8.58. The van der Waals surface area contributed by atoms with Crippen molar-refractivity contribution in [1.29, 1.82) is 0 Å². The van der Waals surface area contributed by atoms with Crippen molar-refractivity contribution in [3.63, 3.8) is 0 Å². The van der Waals surface area contributed by atoms with Crippen LogP contribution in [0.3, 0.4) is 0 Å². The number of sulfonamides is 1. The van der Waals surface area contributed by atoms with Gasteiger partial charge in [-0.1, -0.05) is 0 Å². The lowest BCUT2D eigenvalue weighted by Crippen LogP contribution is -2.60. The summed E-state index contributed by atoms with van der Waals surface area (Å²) in [5.74, 6) is -0.698. The molecule has 0 aliphatic carbocycles. The monoisotopic (exact) mass is 514 g/mol. The number of anilines is 1. The van der Waals surface area contributed by atoms with E-state index in [9.17, 15) is 31.5 Å². The molecule has 13 heteroatoms. The summed E-state index contributed by atoms with van der Waals surface area (Å²) in [5.41, 5.74) is -0.783. The van der Waals surface area contributed by atoms with Gasteiger partial charge in [-0.2, -0.15) is 13.2 Å². The number of aromatic nitrogens is 2. The Kier molecular flexibility index (Phi) is 6.91. The zero-order chi connectivity index (χ0) is 25.3. The van der Waals surface area contributed by atoms with E-state index in [1.807, 2.05) is 0 Å². The first kappa shape index (κ1) is 25.2. The van der Waals surface area contributed by atoms with Crippen molar-refractivity contribution in [1.82, 2.24) is 14.3 Å². The summed E-state index contributed by atoms with van der Waals surface area (Å²) in [6.07, 6.45) is -1.33. The van der Waals surface area contributed by atoms with Crippen LogP contribution in [0.2, 0.25) is 0 Å². The van der Waals surface area contributed by atoms with Crippen LogP contribution >= 0.6 is 0 Å². The fraction of sp³-hybridized carbons (Fsp3) is 0.500. The van der Waals surface area contributed by atoms with Crippen LogP contribution in [0.4, 0.5) is 19.1 Å². The van der Waals surface area contributed by atoms with Gasteiger partial charge < -0.3 is 14.7 Å². The molecule has 4 rings (SSSR count). The second-order valence-corrected chi connectivity index (χ2v) is 10.8. The molecule has 2 fully saturated rings. The number of carboxylic acids is 1. The van der Waals surface area contributed by atoms with E-state index in [1.165, 1.54) is 16.4 Å². The summed E-state index contributed by atoms with van der Waals surface area (Å²) in [6, 6.07) is 5.98. The zero-order valence-electron chi connectivity index (χ0n) is 18.7. The molecule has 2 aromatic rings. The van der Waals surface area contributed by atoms with Crippen LogP contribution in [0.5, 0.6) is 5.75 Å². The summed E-state index contributed by atoms with van der Waals surface area (Å²) < 4.78 is 70.2. The van der Waals surface area contributed by atoms with Crippen LogP contribution in [-0.2, 0) is 21.0 Å². The van der Waals surface area contributed by atoms with Crippen molar-refractivity contribution >= 4 is 21.9 Å². The van der Waals surface area contributed by atoms with E-state index in [-0.39, 0.29) is 44.8 Å². The molecule has 0 amide bonds. The number of aliphatic carboxylic acids is 1. The minimum absolute atomic E-state index is 0.0637. The molecule has 0 spiro atoms. The van der Waals surface area contributed by atoms with Gasteiger partial charge in [0.25, 0.3) is 0 Å². The Morgan fingerprint density at radius 1 is 1.03 bits per heavy atom. The fourth-order valence-corrected chi connectivity index (χ4v) is 6.56. The van der Waals surface area contributed by atoms with Crippen LogP contribution in [0.15, 0.2) is 42.7 Å². The number of benzene rings is 1. The lowest BCUT2D eigenvalue weighted by molar-refractivity contribution is -0.141. The summed E-state index contributed by atoms with van der Waals surface area (Å²) in [5, 5.41) is 9.98. The molecule has 0 unspecified atom stereocenters. The maximum Gasteiger partial charge on any atom is 0.416 e. The van der Waals surface area contributed by atoms with Gasteiger partial charge >= 0.3 is 12.1 Å². The smallest absolute Gasteiger partial charge is 0.416 e. The van der Waals surface area contributed by atoms with Crippen molar-refractivity contribution in [2.45, 2.75) is 42.7 Å². The first-order chi connectivity index (χ1) is 16.5. The first-order valence-electron chi connectivity index (χ1n) is 11.1. The molecule has 35 heavy (non-hydrogen) atoms. The van der Waals surface area contributed by atoms with E-state index in [4.69, 9.17) is 4.74 Å². The third kappa shape index (κ3) is 5.06. The molecule has 3 heterocycles. The second kappa shape index (κ2) is 9.61. The summed E-state index contributed by atoms with van der Waals surface area (Å²) in [4.78, 5) is 22.3. The largest absolute Gasteiger partial charge is 0.490 e. The van der Waals surface area contributed by atoms with Gasteiger partial charge in [-0.05, 0) is 56.0 Å². The molecular weight excluding hydrogens is 489 g/mol. The Bertz CT molecular complexity index is 1130. The Labute approximate surface area is 200 Å². The van der Waals surface area contributed by atoms with Gasteiger partial charge in [-0.25, -0.2) is 22.7 Å². The third-order valence-corrected chi connectivity index (χ3v) is 9.13. The van der Waals surface area contributed by atoms with Gasteiger partial charge in [0.05, 0.1) is 5.56 Å². The number of ether oxygens (including phenoxy) is 1. The first-order valence-corrected chi connectivity index (χ1v) is 12.6. The van der Waals surface area contributed by atoms with E-state index < -0.39 is 38.6 Å². The number of alkyl halides is 3. The molecule has 2 aliphatic rings. The van der Waals surface area contributed by atoms with Crippen molar-refractivity contribution in [2.24, 2.45) is 0 Å². The highest BCUT2D eigenvalue weighted by Gasteiger charge is 2.55. The average Bonchev–Trinajstić information content (AvgIpc) is 2.84. The minimum atomic E-state index is -4.44. The van der Waals surface area contributed by atoms with Crippen LogP contribution in [-0.4, -0.2) is 70.8 Å². The number of carboxylic acid groups (broad SMARTS) is 1. The molecule has 0 atom stereocenters. The molecule has 2 saturated heterocycles. The van der Waals surface area contributed by atoms with E-state index >= 15 is 0 Å². The summed E-state index contributed by atoms with van der Waals surface area (Å²) in [7, 11) is -4.18.